The Balaban J connectivity index is 4.48. The van der Waals surface area contributed by atoms with Gasteiger partial charge in [0.25, 0.3) is 5.91 Å². The van der Waals surface area contributed by atoms with Crippen LogP contribution in [0.25, 0.3) is 0 Å². The molecule has 0 heterocycles. The standard InChI is InChI=1S/C8H16N2O4/c1-4(2)3-5(7(9)12)6(11)8(13)10-14/h4-6,11,14H,3H2,1-2H3,(H2,9,12)(H,10,13)/t5-,6+/m1/s1. The van der Waals surface area contributed by atoms with Crippen LogP contribution in [0.5, 0.6) is 0 Å². The summed E-state index contributed by atoms with van der Waals surface area (Å²) in [6.07, 6.45) is -1.30. The van der Waals surface area contributed by atoms with Gasteiger partial charge in [0.05, 0.1) is 5.92 Å². The molecule has 2 amide bonds. The van der Waals surface area contributed by atoms with Gasteiger partial charge in [-0.05, 0) is 12.3 Å². The Morgan fingerprint density at radius 2 is 1.93 bits per heavy atom. The van der Waals surface area contributed by atoms with Gasteiger partial charge in [0.15, 0.2) is 0 Å². The van der Waals surface area contributed by atoms with E-state index in [-0.39, 0.29) is 5.92 Å². The molecule has 0 saturated carbocycles. The Hall–Kier alpha value is -1.14. The molecule has 0 bridgehead atoms. The van der Waals surface area contributed by atoms with Crippen LogP contribution < -0.4 is 11.2 Å². The second kappa shape index (κ2) is 5.56. The van der Waals surface area contributed by atoms with E-state index < -0.39 is 23.8 Å². The van der Waals surface area contributed by atoms with Crippen LogP contribution in [0.15, 0.2) is 0 Å². The average Bonchev–Trinajstić information content (AvgIpc) is 2.11. The number of hydrogen-bond acceptors (Lipinski definition) is 4. The summed E-state index contributed by atoms with van der Waals surface area (Å²) in [6, 6.07) is 0. The quantitative estimate of drug-likeness (QED) is 0.340. The molecule has 0 aliphatic carbocycles. The largest absolute Gasteiger partial charge is 0.382 e. The summed E-state index contributed by atoms with van der Waals surface area (Å²) in [4.78, 5) is 21.7. The zero-order valence-corrected chi connectivity index (χ0v) is 8.23. The number of hydrogen-bond donors (Lipinski definition) is 4. The Labute approximate surface area is 82.0 Å². The lowest BCUT2D eigenvalue weighted by Gasteiger charge is -2.19. The van der Waals surface area contributed by atoms with Crippen molar-refractivity contribution < 1.29 is 19.9 Å². The fraction of sp³-hybridized carbons (Fsp3) is 0.750. The summed E-state index contributed by atoms with van der Waals surface area (Å²) in [5.41, 5.74) is 6.29. The molecule has 0 radical (unpaired) electrons. The third kappa shape index (κ3) is 3.71. The normalized spacial score (nSPS) is 14.9. The van der Waals surface area contributed by atoms with Gasteiger partial charge in [-0.2, -0.15) is 0 Å². The molecule has 0 saturated heterocycles. The maximum Gasteiger partial charge on any atom is 0.272 e. The van der Waals surface area contributed by atoms with Crippen molar-refractivity contribution in [3.8, 4) is 0 Å². The van der Waals surface area contributed by atoms with E-state index in [1.54, 1.807) is 0 Å². The molecular weight excluding hydrogens is 188 g/mol. The molecule has 6 nitrogen and oxygen atoms in total. The second-order valence-corrected chi connectivity index (χ2v) is 3.56. The number of aliphatic hydroxyl groups excluding tert-OH is 1. The Morgan fingerprint density at radius 3 is 2.21 bits per heavy atom. The molecule has 6 heteroatoms. The molecule has 5 N–H and O–H groups in total. The third-order valence-electron chi connectivity index (χ3n) is 1.85. The van der Waals surface area contributed by atoms with Crippen LogP contribution in [0.2, 0.25) is 0 Å². The van der Waals surface area contributed by atoms with Gasteiger partial charge >= 0.3 is 0 Å². The lowest BCUT2D eigenvalue weighted by atomic mass is 9.91. The van der Waals surface area contributed by atoms with Gasteiger partial charge in [0, 0.05) is 0 Å². The Morgan fingerprint density at radius 1 is 1.43 bits per heavy atom. The van der Waals surface area contributed by atoms with Crippen molar-refractivity contribution in [2.75, 3.05) is 0 Å². The van der Waals surface area contributed by atoms with E-state index in [0.717, 1.165) is 0 Å². The highest BCUT2D eigenvalue weighted by atomic mass is 16.5. The van der Waals surface area contributed by atoms with E-state index in [1.165, 1.54) is 5.48 Å². The molecule has 0 aliphatic rings. The fourth-order valence-corrected chi connectivity index (χ4v) is 1.16. The zero-order chi connectivity index (χ0) is 11.3. The lowest BCUT2D eigenvalue weighted by molar-refractivity contribution is -0.145. The van der Waals surface area contributed by atoms with Crippen molar-refractivity contribution in [2.24, 2.45) is 17.6 Å². The minimum atomic E-state index is -1.60. The molecule has 0 aromatic heterocycles. The molecule has 0 spiro atoms. The molecule has 0 aliphatic heterocycles. The highest BCUT2D eigenvalue weighted by Gasteiger charge is 2.30. The van der Waals surface area contributed by atoms with E-state index >= 15 is 0 Å². The summed E-state index contributed by atoms with van der Waals surface area (Å²) < 4.78 is 0. The number of carbonyl (C=O) groups excluding carboxylic acids is 2. The minimum Gasteiger partial charge on any atom is -0.382 e. The van der Waals surface area contributed by atoms with Gasteiger partial charge in [-0.1, -0.05) is 13.8 Å². The third-order valence-corrected chi connectivity index (χ3v) is 1.85. The number of hydroxylamine groups is 1. The van der Waals surface area contributed by atoms with Gasteiger partial charge < -0.3 is 10.8 Å². The average molecular weight is 204 g/mol. The van der Waals surface area contributed by atoms with Crippen LogP contribution in [-0.4, -0.2) is 28.2 Å². The molecular formula is C8H16N2O4. The van der Waals surface area contributed by atoms with Crippen LogP contribution in [0.1, 0.15) is 20.3 Å². The van der Waals surface area contributed by atoms with Crippen molar-refractivity contribution in [3.63, 3.8) is 0 Å². The van der Waals surface area contributed by atoms with Gasteiger partial charge in [-0.25, -0.2) is 5.48 Å². The Kier molecular flexibility index (Phi) is 5.11. The van der Waals surface area contributed by atoms with Crippen LogP contribution in [0, 0.1) is 11.8 Å². The van der Waals surface area contributed by atoms with Crippen LogP contribution >= 0.6 is 0 Å². The minimum absolute atomic E-state index is 0.119. The maximum atomic E-state index is 10.9. The fourth-order valence-electron chi connectivity index (χ4n) is 1.16. The molecule has 0 rings (SSSR count). The SMILES string of the molecule is CC(C)C[C@@H](C(N)=O)[C@H](O)C(=O)NO. The molecule has 82 valence electrons. The monoisotopic (exact) mass is 204 g/mol. The number of aliphatic hydroxyl groups is 1. The summed E-state index contributed by atoms with van der Waals surface area (Å²) in [5, 5.41) is 17.6. The zero-order valence-electron chi connectivity index (χ0n) is 8.23. The van der Waals surface area contributed by atoms with E-state index in [0.29, 0.717) is 6.42 Å². The predicted octanol–water partition coefficient (Wildman–Crippen LogP) is -1.000. The van der Waals surface area contributed by atoms with Crippen LogP contribution in [0.3, 0.4) is 0 Å². The van der Waals surface area contributed by atoms with Gasteiger partial charge in [-0.15, -0.1) is 0 Å². The predicted molar refractivity (Wildman–Crippen MR) is 48.1 cm³/mol. The number of carbonyl (C=O) groups is 2. The van der Waals surface area contributed by atoms with Crippen LogP contribution in [0.4, 0.5) is 0 Å². The van der Waals surface area contributed by atoms with E-state index in [1.807, 2.05) is 13.8 Å². The number of primary amides is 1. The van der Waals surface area contributed by atoms with Gasteiger partial charge in [0.1, 0.15) is 6.10 Å². The summed E-state index contributed by atoms with van der Waals surface area (Å²) in [7, 11) is 0. The first-order chi connectivity index (χ1) is 6.40. The van der Waals surface area contributed by atoms with Crippen molar-refractivity contribution >= 4 is 11.8 Å². The molecule has 0 aromatic carbocycles. The highest BCUT2D eigenvalue weighted by Crippen LogP contribution is 2.15. The molecule has 2 atom stereocenters. The van der Waals surface area contributed by atoms with Gasteiger partial charge in [0.2, 0.25) is 5.91 Å². The van der Waals surface area contributed by atoms with Crippen molar-refractivity contribution in [1.29, 1.82) is 0 Å². The van der Waals surface area contributed by atoms with E-state index in [2.05, 4.69) is 0 Å². The molecule has 0 fully saturated rings. The first-order valence-electron chi connectivity index (χ1n) is 4.31. The Bertz CT molecular complexity index is 217. The maximum absolute atomic E-state index is 10.9. The highest BCUT2D eigenvalue weighted by molar-refractivity contribution is 5.87. The molecule has 14 heavy (non-hydrogen) atoms. The first-order valence-corrected chi connectivity index (χ1v) is 4.31. The smallest absolute Gasteiger partial charge is 0.272 e. The number of rotatable bonds is 5. The number of amides is 2. The first kappa shape index (κ1) is 12.9. The number of nitrogens with one attached hydrogen (secondary N) is 1. The van der Waals surface area contributed by atoms with Crippen molar-refractivity contribution in [3.05, 3.63) is 0 Å². The second-order valence-electron chi connectivity index (χ2n) is 3.56. The van der Waals surface area contributed by atoms with Crippen molar-refractivity contribution in [1.82, 2.24) is 5.48 Å². The van der Waals surface area contributed by atoms with E-state index in [9.17, 15) is 14.7 Å². The topological polar surface area (TPSA) is 113 Å². The summed E-state index contributed by atoms with van der Waals surface area (Å²) in [6.45, 7) is 3.67. The van der Waals surface area contributed by atoms with Gasteiger partial charge in [-0.3, -0.25) is 14.8 Å². The molecule has 0 unspecified atom stereocenters. The molecule has 0 aromatic rings. The van der Waals surface area contributed by atoms with Crippen LogP contribution in [-0.2, 0) is 9.59 Å². The van der Waals surface area contributed by atoms with E-state index in [4.69, 9.17) is 10.9 Å². The van der Waals surface area contributed by atoms with Crippen molar-refractivity contribution in [2.45, 2.75) is 26.4 Å². The summed E-state index contributed by atoms with van der Waals surface area (Å²) >= 11 is 0. The summed E-state index contributed by atoms with van der Waals surface area (Å²) in [5.74, 6) is -2.62. The lowest BCUT2D eigenvalue weighted by Crippen LogP contribution is -2.44. The number of nitrogens with two attached hydrogens (primary N) is 1.